The molecule has 0 spiro atoms. The number of benzene rings is 1. The zero-order valence-corrected chi connectivity index (χ0v) is 10.5. The van der Waals surface area contributed by atoms with Crippen molar-refractivity contribution in [2.75, 3.05) is 20.1 Å². The van der Waals surface area contributed by atoms with Crippen LogP contribution >= 0.6 is 0 Å². The van der Waals surface area contributed by atoms with Crippen LogP contribution in [-0.2, 0) is 11.2 Å². The molecular formula is C13H15F3N2O. The molecule has 1 unspecified atom stereocenters. The summed E-state index contributed by atoms with van der Waals surface area (Å²) in [5, 5.41) is 2.98. The van der Waals surface area contributed by atoms with Crippen LogP contribution in [0.15, 0.2) is 24.3 Å². The minimum atomic E-state index is -4.38. The predicted molar refractivity (Wildman–Crippen MR) is 64.6 cm³/mol. The average molecular weight is 272 g/mol. The number of nitrogens with zero attached hydrogens (tertiary/aromatic N) is 1. The fourth-order valence-corrected chi connectivity index (χ4v) is 2.29. The van der Waals surface area contributed by atoms with Crippen LogP contribution in [0.4, 0.5) is 13.2 Å². The van der Waals surface area contributed by atoms with Gasteiger partial charge in [0.05, 0.1) is 0 Å². The van der Waals surface area contributed by atoms with Gasteiger partial charge in [0.25, 0.3) is 0 Å². The highest BCUT2D eigenvalue weighted by atomic mass is 19.4. The Balaban J connectivity index is 2.17. The van der Waals surface area contributed by atoms with Crippen molar-refractivity contribution in [3.63, 3.8) is 0 Å². The number of amides is 1. The summed E-state index contributed by atoms with van der Waals surface area (Å²) >= 11 is 0. The van der Waals surface area contributed by atoms with Gasteiger partial charge in [0.2, 0.25) is 5.91 Å². The van der Waals surface area contributed by atoms with E-state index in [0.717, 1.165) is 22.4 Å². The quantitative estimate of drug-likeness (QED) is 0.891. The van der Waals surface area contributed by atoms with E-state index in [1.807, 2.05) is 12.1 Å². The number of fused-ring (bicyclic) bond motifs is 1. The molecule has 1 aliphatic rings. The fraction of sp³-hybridized carbons (Fsp3) is 0.462. The van der Waals surface area contributed by atoms with Gasteiger partial charge in [-0.1, -0.05) is 24.3 Å². The molecule has 1 aromatic rings. The lowest BCUT2D eigenvalue weighted by Gasteiger charge is -2.30. The van der Waals surface area contributed by atoms with E-state index in [1.165, 1.54) is 7.05 Å². The summed E-state index contributed by atoms with van der Waals surface area (Å²) in [5.74, 6) is -0.551. The van der Waals surface area contributed by atoms with Crippen molar-refractivity contribution >= 4 is 5.91 Å². The Morgan fingerprint density at radius 2 is 2.11 bits per heavy atom. The number of halogens is 3. The Hall–Kier alpha value is -1.56. The Kier molecular flexibility index (Phi) is 3.80. The van der Waals surface area contributed by atoms with Crippen LogP contribution in [-0.4, -0.2) is 37.1 Å². The lowest BCUT2D eigenvalue weighted by molar-refractivity contribution is -0.159. The van der Waals surface area contributed by atoms with Crippen LogP contribution in [0, 0.1) is 0 Å². The van der Waals surface area contributed by atoms with Crippen molar-refractivity contribution in [1.82, 2.24) is 10.2 Å². The molecule has 0 saturated heterocycles. The smallest absolute Gasteiger partial charge is 0.335 e. The second-order valence-electron chi connectivity index (χ2n) is 4.65. The SMILES string of the molecule is CN(CC(F)(F)F)C(=O)C1NCCc2ccccc21. The van der Waals surface area contributed by atoms with Gasteiger partial charge in [0.15, 0.2) is 0 Å². The normalized spacial score (nSPS) is 18.8. The zero-order chi connectivity index (χ0) is 14.0. The van der Waals surface area contributed by atoms with Gasteiger partial charge in [-0.05, 0) is 17.5 Å². The second kappa shape index (κ2) is 5.21. The third kappa shape index (κ3) is 3.26. The van der Waals surface area contributed by atoms with Gasteiger partial charge in [0.1, 0.15) is 12.6 Å². The summed E-state index contributed by atoms with van der Waals surface area (Å²) in [6.45, 7) is -0.639. The van der Waals surface area contributed by atoms with Crippen molar-refractivity contribution in [3.05, 3.63) is 35.4 Å². The summed E-state index contributed by atoms with van der Waals surface area (Å²) in [5.41, 5.74) is 1.78. The van der Waals surface area contributed by atoms with Crippen molar-refractivity contribution in [3.8, 4) is 0 Å². The number of carbonyl (C=O) groups excluding carboxylic acids is 1. The molecule has 1 amide bonds. The number of rotatable bonds is 2. The van der Waals surface area contributed by atoms with E-state index in [0.29, 0.717) is 6.54 Å². The van der Waals surface area contributed by atoms with E-state index in [4.69, 9.17) is 0 Å². The molecule has 0 fully saturated rings. The molecule has 6 heteroatoms. The summed E-state index contributed by atoms with van der Waals surface area (Å²) in [7, 11) is 1.18. The standard InChI is InChI=1S/C13H15F3N2O/c1-18(8-13(14,15)16)12(19)11-10-5-3-2-4-9(10)6-7-17-11/h2-5,11,17H,6-8H2,1H3. The largest absolute Gasteiger partial charge is 0.406 e. The first-order chi connectivity index (χ1) is 8.88. The molecule has 0 aromatic heterocycles. The van der Waals surface area contributed by atoms with E-state index in [9.17, 15) is 18.0 Å². The minimum absolute atomic E-state index is 0.551. The highest BCUT2D eigenvalue weighted by Crippen LogP contribution is 2.25. The number of hydrogen-bond acceptors (Lipinski definition) is 2. The Bertz CT molecular complexity index is 473. The topological polar surface area (TPSA) is 32.3 Å². The Labute approximate surface area is 109 Å². The van der Waals surface area contributed by atoms with Crippen LogP contribution < -0.4 is 5.32 Å². The van der Waals surface area contributed by atoms with E-state index in [-0.39, 0.29) is 0 Å². The zero-order valence-electron chi connectivity index (χ0n) is 10.5. The summed E-state index contributed by atoms with van der Waals surface area (Å²) in [6.07, 6.45) is -3.60. The molecule has 0 radical (unpaired) electrons. The van der Waals surface area contributed by atoms with Crippen molar-refractivity contribution in [2.24, 2.45) is 0 Å². The third-order valence-electron chi connectivity index (χ3n) is 3.15. The first-order valence-corrected chi connectivity index (χ1v) is 6.01. The minimum Gasteiger partial charge on any atom is -0.335 e. The Morgan fingerprint density at radius 3 is 2.79 bits per heavy atom. The molecular weight excluding hydrogens is 257 g/mol. The van der Waals surface area contributed by atoms with Crippen LogP contribution in [0.25, 0.3) is 0 Å². The number of hydrogen-bond donors (Lipinski definition) is 1. The van der Waals surface area contributed by atoms with E-state index in [1.54, 1.807) is 12.1 Å². The first-order valence-electron chi connectivity index (χ1n) is 6.01. The molecule has 1 N–H and O–H groups in total. The summed E-state index contributed by atoms with van der Waals surface area (Å²) in [6, 6.07) is 6.66. The first kappa shape index (κ1) is 13.9. The molecule has 104 valence electrons. The second-order valence-corrected chi connectivity index (χ2v) is 4.65. The van der Waals surface area contributed by atoms with Gasteiger partial charge in [-0.25, -0.2) is 0 Å². The molecule has 1 aromatic carbocycles. The summed E-state index contributed by atoms with van der Waals surface area (Å²) < 4.78 is 36.9. The highest BCUT2D eigenvalue weighted by molar-refractivity contribution is 5.83. The number of nitrogens with one attached hydrogen (secondary N) is 1. The van der Waals surface area contributed by atoms with Gasteiger partial charge in [-0.3, -0.25) is 4.79 Å². The van der Waals surface area contributed by atoms with Crippen molar-refractivity contribution in [1.29, 1.82) is 0 Å². The Morgan fingerprint density at radius 1 is 1.42 bits per heavy atom. The molecule has 1 atom stereocenters. The van der Waals surface area contributed by atoms with E-state index >= 15 is 0 Å². The van der Waals surface area contributed by atoms with Crippen molar-refractivity contribution < 1.29 is 18.0 Å². The molecule has 1 aliphatic heterocycles. The third-order valence-corrected chi connectivity index (χ3v) is 3.15. The van der Waals surface area contributed by atoms with Crippen LogP contribution in [0.5, 0.6) is 0 Å². The molecule has 0 bridgehead atoms. The molecule has 0 aliphatic carbocycles. The lowest BCUT2D eigenvalue weighted by atomic mass is 9.93. The van der Waals surface area contributed by atoms with Crippen LogP contribution in [0.2, 0.25) is 0 Å². The highest BCUT2D eigenvalue weighted by Gasteiger charge is 2.35. The maximum atomic E-state index is 12.3. The number of alkyl halides is 3. The maximum Gasteiger partial charge on any atom is 0.406 e. The molecule has 19 heavy (non-hydrogen) atoms. The molecule has 2 rings (SSSR count). The van der Waals surface area contributed by atoms with Gasteiger partial charge in [0, 0.05) is 13.6 Å². The average Bonchev–Trinajstić information content (AvgIpc) is 2.35. The fourth-order valence-electron chi connectivity index (χ4n) is 2.29. The molecule has 1 heterocycles. The van der Waals surface area contributed by atoms with Gasteiger partial charge < -0.3 is 10.2 Å². The monoisotopic (exact) mass is 272 g/mol. The van der Waals surface area contributed by atoms with Crippen molar-refractivity contribution in [2.45, 2.75) is 18.6 Å². The summed E-state index contributed by atoms with van der Waals surface area (Å²) in [4.78, 5) is 12.8. The maximum absolute atomic E-state index is 12.3. The number of likely N-dealkylation sites (N-methyl/N-ethyl adjacent to an activating group) is 1. The van der Waals surface area contributed by atoms with E-state index in [2.05, 4.69) is 5.32 Å². The van der Waals surface area contributed by atoms with Crippen LogP contribution in [0.3, 0.4) is 0 Å². The number of carbonyl (C=O) groups is 1. The van der Waals surface area contributed by atoms with Gasteiger partial charge in [-0.2, -0.15) is 13.2 Å². The van der Waals surface area contributed by atoms with Crippen LogP contribution in [0.1, 0.15) is 17.2 Å². The molecule has 0 saturated carbocycles. The van der Waals surface area contributed by atoms with Gasteiger partial charge >= 0.3 is 6.18 Å². The van der Waals surface area contributed by atoms with E-state index < -0.39 is 24.7 Å². The molecule has 3 nitrogen and oxygen atoms in total. The van der Waals surface area contributed by atoms with Gasteiger partial charge in [-0.15, -0.1) is 0 Å². The predicted octanol–water partition coefficient (Wildman–Crippen LogP) is 1.89. The lowest BCUT2D eigenvalue weighted by Crippen LogP contribution is -2.45.